The lowest BCUT2D eigenvalue weighted by atomic mass is 10.2. The van der Waals surface area contributed by atoms with Crippen LogP contribution in [0.25, 0.3) is 0 Å². The standard InChI is InChI=1S/C19H17F2N5O3/c20-11-3-4-16(15(21)6-11)25-9-13-12(14(13)10-25)7-23-18(27)8-24-19-17(26(28)29)2-1-5-22-19/h1-7,12-14H,8-10H2,(H,22,24). The van der Waals surface area contributed by atoms with Crippen molar-refractivity contribution in [1.29, 1.82) is 0 Å². The van der Waals surface area contributed by atoms with E-state index < -0.39 is 22.5 Å². The summed E-state index contributed by atoms with van der Waals surface area (Å²) in [5.41, 5.74) is 0.167. The Morgan fingerprint density at radius 2 is 2.10 bits per heavy atom. The van der Waals surface area contributed by atoms with Gasteiger partial charge < -0.3 is 10.2 Å². The van der Waals surface area contributed by atoms with Crippen LogP contribution in [0.15, 0.2) is 41.5 Å². The molecular weight excluding hydrogens is 384 g/mol. The quantitative estimate of drug-likeness (QED) is 0.454. The second-order valence-corrected chi connectivity index (χ2v) is 7.06. The van der Waals surface area contributed by atoms with Crippen molar-refractivity contribution in [3.63, 3.8) is 0 Å². The van der Waals surface area contributed by atoms with Gasteiger partial charge in [-0.2, -0.15) is 0 Å². The van der Waals surface area contributed by atoms with Crippen molar-refractivity contribution >= 4 is 29.3 Å². The first kappa shape index (κ1) is 18.9. The van der Waals surface area contributed by atoms with Gasteiger partial charge in [-0.05, 0) is 30.0 Å². The molecule has 29 heavy (non-hydrogen) atoms. The number of fused-ring (bicyclic) bond motifs is 1. The van der Waals surface area contributed by atoms with E-state index in [9.17, 15) is 23.7 Å². The molecule has 10 heteroatoms. The molecule has 0 spiro atoms. The molecule has 150 valence electrons. The van der Waals surface area contributed by atoms with E-state index in [0.717, 1.165) is 6.07 Å². The van der Waals surface area contributed by atoms with Gasteiger partial charge in [0.25, 0.3) is 5.91 Å². The fraction of sp³-hybridized carbons (Fsp3) is 0.316. The number of pyridine rings is 1. The summed E-state index contributed by atoms with van der Waals surface area (Å²) < 4.78 is 26.9. The molecule has 1 aromatic heterocycles. The largest absolute Gasteiger partial charge is 0.369 e. The topological polar surface area (TPSA) is 101 Å². The molecule has 0 bridgehead atoms. The predicted octanol–water partition coefficient (Wildman–Crippen LogP) is 2.66. The van der Waals surface area contributed by atoms with Crippen molar-refractivity contribution in [2.45, 2.75) is 0 Å². The molecule has 1 aliphatic heterocycles. The van der Waals surface area contributed by atoms with E-state index in [1.807, 2.05) is 4.90 Å². The lowest BCUT2D eigenvalue weighted by Gasteiger charge is -2.21. The lowest BCUT2D eigenvalue weighted by Crippen LogP contribution is -2.25. The molecular formula is C19H17F2N5O3. The number of carbonyl (C=O) groups is 1. The zero-order valence-electron chi connectivity index (χ0n) is 15.2. The molecule has 2 atom stereocenters. The minimum atomic E-state index is -0.608. The van der Waals surface area contributed by atoms with E-state index >= 15 is 0 Å². The van der Waals surface area contributed by atoms with E-state index in [0.29, 0.717) is 18.8 Å². The zero-order valence-corrected chi connectivity index (χ0v) is 15.2. The smallest absolute Gasteiger partial charge is 0.311 e. The number of nitrogens with zero attached hydrogens (tertiary/aromatic N) is 4. The van der Waals surface area contributed by atoms with Crippen LogP contribution in [0.5, 0.6) is 0 Å². The van der Waals surface area contributed by atoms with Crippen LogP contribution < -0.4 is 10.2 Å². The molecule has 2 unspecified atom stereocenters. The summed E-state index contributed by atoms with van der Waals surface area (Å²) >= 11 is 0. The SMILES string of the molecule is O=C(CNc1ncccc1[N+](=O)[O-])N=CC1C2CN(c3ccc(F)cc3F)CC12. The van der Waals surface area contributed by atoms with Crippen LogP contribution in [0, 0.1) is 39.5 Å². The first-order valence-corrected chi connectivity index (χ1v) is 9.04. The molecule has 1 aliphatic carbocycles. The first-order valence-electron chi connectivity index (χ1n) is 9.04. The van der Waals surface area contributed by atoms with Crippen molar-refractivity contribution in [2.75, 3.05) is 29.9 Å². The molecule has 1 saturated carbocycles. The molecule has 4 rings (SSSR count). The van der Waals surface area contributed by atoms with Gasteiger partial charge in [0.15, 0.2) is 0 Å². The normalized spacial score (nSPS) is 22.6. The van der Waals surface area contributed by atoms with Crippen LogP contribution in [-0.4, -0.2) is 41.7 Å². The highest BCUT2D eigenvalue weighted by Crippen LogP contribution is 2.51. The fourth-order valence-electron chi connectivity index (χ4n) is 3.78. The molecule has 8 nitrogen and oxygen atoms in total. The van der Waals surface area contributed by atoms with Crippen LogP contribution >= 0.6 is 0 Å². The van der Waals surface area contributed by atoms with Crippen molar-refractivity contribution in [3.05, 3.63) is 58.3 Å². The summed E-state index contributed by atoms with van der Waals surface area (Å²) in [7, 11) is 0. The number of rotatable bonds is 6. The average Bonchev–Trinajstić information content (AvgIpc) is 3.14. The number of amides is 1. The van der Waals surface area contributed by atoms with Crippen molar-refractivity contribution in [3.8, 4) is 0 Å². The number of nitrogens with one attached hydrogen (secondary N) is 1. The number of aromatic nitrogens is 1. The molecule has 1 amide bonds. The maximum Gasteiger partial charge on any atom is 0.311 e. The number of hydrogen-bond donors (Lipinski definition) is 1. The Balaban J connectivity index is 1.28. The highest BCUT2D eigenvalue weighted by molar-refractivity contribution is 5.89. The number of hydrogen-bond acceptors (Lipinski definition) is 6. The highest BCUT2D eigenvalue weighted by Gasteiger charge is 2.55. The van der Waals surface area contributed by atoms with Crippen molar-refractivity contribution < 1.29 is 18.5 Å². The van der Waals surface area contributed by atoms with Gasteiger partial charge in [0, 0.05) is 43.6 Å². The molecule has 0 radical (unpaired) electrons. The van der Waals surface area contributed by atoms with Crippen LogP contribution in [-0.2, 0) is 4.79 Å². The van der Waals surface area contributed by atoms with E-state index in [-0.39, 0.29) is 35.8 Å². The summed E-state index contributed by atoms with van der Waals surface area (Å²) in [6.45, 7) is 1.04. The third-order valence-electron chi connectivity index (χ3n) is 5.29. The minimum absolute atomic E-state index is 0.0151. The van der Waals surface area contributed by atoms with Gasteiger partial charge in [0.1, 0.15) is 11.6 Å². The highest BCUT2D eigenvalue weighted by atomic mass is 19.1. The second-order valence-electron chi connectivity index (χ2n) is 7.06. The molecule has 1 aromatic carbocycles. The Morgan fingerprint density at radius 1 is 1.34 bits per heavy atom. The maximum absolute atomic E-state index is 13.9. The number of benzene rings is 1. The third-order valence-corrected chi connectivity index (χ3v) is 5.29. The number of piperidine rings is 1. The van der Waals surface area contributed by atoms with Gasteiger partial charge in [0.2, 0.25) is 5.82 Å². The van der Waals surface area contributed by atoms with Gasteiger partial charge in [-0.3, -0.25) is 14.9 Å². The Morgan fingerprint density at radius 3 is 2.79 bits per heavy atom. The fourth-order valence-corrected chi connectivity index (χ4v) is 3.78. The van der Waals surface area contributed by atoms with Crippen molar-refractivity contribution in [2.24, 2.45) is 22.7 Å². The predicted molar refractivity (Wildman–Crippen MR) is 102 cm³/mol. The number of carbonyl (C=O) groups excluding carboxylic acids is 1. The molecule has 2 aromatic rings. The Labute approximate surface area is 164 Å². The minimum Gasteiger partial charge on any atom is -0.369 e. The number of halogens is 2. The average molecular weight is 401 g/mol. The number of aliphatic imine (C=N–C) groups is 1. The Kier molecular flexibility index (Phi) is 4.91. The number of nitro groups is 1. The van der Waals surface area contributed by atoms with Crippen LogP contribution in [0.1, 0.15) is 0 Å². The summed E-state index contributed by atoms with van der Waals surface area (Å²) in [5, 5.41) is 13.6. The van der Waals surface area contributed by atoms with Crippen LogP contribution in [0.4, 0.5) is 26.0 Å². The molecule has 2 fully saturated rings. The monoisotopic (exact) mass is 401 g/mol. The maximum atomic E-state index is 13.9. The first-order chi connectivity index (χ1) is 13.9. The Hall–Kier alpha value is -3.43. The number of anilines is 2. The van der Waals surface area contributed by atoms with E-state index in [1.54, 1.807) is 6.21 Å². The summed E-state index contributed by atoms with van der Waals surface area (Å²) in [6.07, 6.45) is 2.99. The third kappa shape index (κ3) is 3.91. The van der Waals surface area contributed by atoms with E-state index in [4.69, 9.17) is 0 Å². The summed E-state index contributed by atoms with van der Waals surface area (Å²) in [6, 6.07) is 6.28. The summed E-state index contributed by atoms with van der Waals surface area (Å²) in [4.78, 5) is 32.0. The van der Waals surface area contributed by atoms with Gasteiger partial charge in [0.05, 0.1) is 17.2 Å². The molecule has 1 N–H and O–H groups in total. The molecule has 1 saturated heterocycles. The van der Waals surface area contributed by atoms with Gasteiger partial charge in [-0.15, -0.1) is 0 Å². The molecule has 2 heterocycles. The van der Waals surface area contributed by atoms with Crippen LogP contribution in [0.2, 0.25) is 0 Å². The lowest BCUT2D eigenvalue weighted by molar-refractivity contribution is -0.384. The zero-order chi connectivity index (χ0) is 20.5. The Bertz CT molecular complexity index is 988. The van der Waals surface area contributed by atoms with Crippen LogP contribution in [0.3, 0.4) is 0 Å². The summed E-state index contributed by atoms with van der Waals surface area (Å²) in [5.74, 6) is -0.938. The van der Waals surface area contributed by atoms with Gasteiger partial charge in [-0.25, -0.2) is 18.8 Å². The van der Waals surface area contributed by atoms with Gasteiger partial charge in [-0.1, -0.05) is 0 Å². The van der Waals surface area contributed by atoms with E-state index in [2.05, 4.69) is 15.3 Å². The molecule has 2 aliphatic rings. The second kappa shape index (κ2) is 7.53. The van der Waals surface area contributed by atoms with E-state index in [1.165, 1.54) is 30.5 Å². The van der Waals surface area contributed by atoms with Gasteiger partial charge >= 0.3 is 5.69 Å². The van der Waals surface area contributed by atoms with Crippen molar-refractivity contribution in [1.82, 2.24) is 4.98 Å².